The summed E-state index contributed by atoms with van der Waals surface area (Å²) in [5.41, 5.74) is 0.389. The molecule has 0 aliphatic heterocycles. The van der Waals surface area contributed by atoms with Crippen LogP contribution in [-0.4, -0.2) is 31.1 Å². The topological polar surface area (TPSA) is 28.4 Å². The van der Waals surface area contributed by atoms with Gasteiger partial charge in [-0.3, -0.25) is 0 Å². The Morgan fingerprint density at radius 1 is 1.44 bits per heavy atom. The van der Waals surface area contributed by atoms with Crippen molar-refractivity contribution in [2.75, 3.05) is 20.6 Å². The zero-order valence-electron chi connectivity index (χ0n) is 9.92. The maximum atomic E-state index is 5.52. The van der Waals surface area contributed by atoms with Gasteiger partial charge in [-0.15, -0.1) is 0 Å². The Bertz CT molecular complexity index is 345. The van der Waals surface area contributed by atoms with E-state index in [1.165, 1.54) is 19.3 Å². The molecule has 0 atom stereocenters. The molecule has 1 fully saturated rings. The maximum absolute atomic E-state index is 5.52. The summed E-state index contributed by atoms with van der Waals surface area (Å²) in [6, 6.07) is 4.04. The van der Waals surface area contributed by atoms with Crippen molar-refractivity contribution in [3.63, 3.8) is 0 Å². The van der Waals surface area contributed by atoms with Gasteiger partial charge in [0.15, 0.2) is 3.77 Å². The average molecular weight is 334 g/mol. The van der Waals surface area contributed by atoms with Crippen LogP contribution in [0.2, 0.25) is 0 Å². The summed E-state index contributed by atoms with van der Waals surface area (Å²) in [7, 11) is 4.35. The van der Waals surface area contributed by atoms with E-state index in [9.17, 15) is 0 Å². The molecule has 1 aromatic rings. The fourth-order valence-corrected chi connectivity index (χ4v) is 2.69. The molecule has 1 N–H and O–H groups in total. The molecule has 1 heterocycles. The zero-order chi connectivity index (χ0) is 11.6. The van der Waals surface area contributed by atoms with Gasteiger partial charge in [-0.1, -0.05) is 0 Å². The van der Waals surface area contributed by atoms with Crippen molar-refractivity contribution in [3.05, 3.63) is 21.7 Å². The number of nitrogens with one attached hydrogen (secondary N) is 1. The molecule has 90 valence electrons. The number of hydrogen-bond donors (Lipinski definition) is 1. The van der Waals surface area contributed by atoms with Gasteiger partial charge in [0.05, 0.1) is 6.54 Å². The van der Waals surface area contributed by atoms with Crippen LogP contribution in [0.3, 0.4) is 0 Å². The van der Waals surface area contributed by atoms with E-state index in [-0.39, 0.29) is 0 Å². The number of rotatable bonds is 5. The first kappa shape index (κ1) is 12.4. The third-order valence-corrected chi connectivity index (χ3v) is 4.19. The van der Waals surface area contributed by atoms with Crippen LogP contribution in [0.1, 0.15) is 25.0 Å². The summed E-state index contributed by atoms with van der Waals surface area (Å²) >= 11 is 2.20. The molecular weight excluding hydrogens is 315 g/mol. The molecule has 16 heavy (non-hydrogen) atoms. The predicted molar refractivity (Wildman–Crippen MR) is 73.4 cm³/mol. The Hall–Kier alpha value is -0.0700. The molecule has 0 amide bonds. The van der Waals surface area contributed by atoms with E-state index in [4.69, 9.17) is 4.42 Å². The predicted octanol–water partition coefficient (Wildman–Crippen LogP) is 2.46. The van der Waals surface area contributed by atoms with Gasteiger partial charge >= 0.3 is 0 Å². The summed E-state index contributed by atoms with van der Waals surface area (Å²) in [5, 5.41) is 3.50. The quantitative estimate of drug-likeness (QED) is 0.839. The van der Waals surface area contributed by atoms with Crippen molar-refractivity contribution in [1.29, 1.82) is 0 Å². The molecule has 1 aliphatic carbocycles. The molecule has 1 aliphatic rings. The number of halogens is 1. The van der Waals surface area contributed by atoms with Crippen LogP contribution in [0.4, 0.5) is 0 Å². The Labute approximate surface area is 111 Å². The van der Waals surface area contributed by atoms with Crippen LogP contribution in [0.15, 0.2) is 16.5 Å². The highest BCUT2D eigenvalue weighted by Gasteiger charge is 2.38. The largest absolute Gasteiger partial charge is 0.454 e. The van der Waals surface area contributed by atoms with Gasteiger partial charge in [-0.05, 0) is 68.1 Å². The number of nitrogens with zero attached hydrogens (tertiary/aromatic N) is 1. The molecule has 1 saturated carbocycles. The molecule has 4 heteroatoms. The monoisotopic (exact) mass is 334 g/mol. The van der Waals surface area contributed by atoms with Gasteiger partial charge < -0.3 is 14.6 Å². The summed E-state index contributed by atoms with van der Waals surface area (Å²) < 4.78 is 6.48. The second-order valence-corrected chi connectivity index (χ2v) is 5.84. The summed E-state index contributed by atoms with van der Waals surface area (Å²) in [4.78, 5) is 2.36. The Balaban J connectivity index is 1.79. The first-order valence-electron chi connectivity index (χ1n) is 5.75. The first-order valence-corrected chi connectivity index (χ1v) is 6.83. The SMILES string of the molecule is CN(C)C1(CNCc2ccc(I)o2)CCC1. The molecular formula is C12H19IN2O. The van der Waals surface area contributed by atoms with Gasteiger partial charge in [0.2, 0.25) is 0 Å². The van der Waals surface area contributed by atoms with Gasteiger partial charge in [0, 0.05) is 12.1 Å². The first-order chi connectivity index (χ1) is 7.62. The molecule has 0 spiro atoms. The molecule has 0 radical (unpaired) electrons. The number of furan rings is 1. The lowest BCUT2D eigenvalue weighted by Gasteiger charge is -2.47. The van der Waals surface area contributed by atoms with E-state index in [0.717, 1.165) is 22.6 Å². The fourth-order valence-electron chi connectivity index (χ4n) is 2.23. The molecule has 2 rings (SSSR count). The van der Waals surface area contributed by atoms with Crippen LogP contribution in [0, 0.1) is 3.77 Å². The molecule has 0 bridgehead atoms. The maximum Gasteiger partial charge on any atom is 0.164 e. The second-order valence-electron chi connectivity index (χ2n) is 4.78. The highest BCUT2D eigenvalue weighted by molar-refractivity contribution is 14.1. The average Bonchev–Trinajstić information content (AvgIpc) is 2.55. The summed E-state index contributed by atoms with van der Waals surface area (Å²) in [5.74, 6) is 1.03. The van der Waals surface area contributed by atoms with Crippen molar-refractivity contribution in [1.82, 2.24) is 10.2 Å². The van der Waals surface area contributed by atoms with E-state index < -0.39 is 0 Å². The van der Waals surface area contributed by atoms with Crippen molar-refractivity contribution >= 4 is 22.6 Å². The van der Waals surface area contributed by atoms with Crippen molar-refractivity contribution in [2.45, 2.75) is 31.3 Å². The van der Waals surface area contributed by atoms with E-state index in [2.05, 4.69) is 46.9 Å². The minimum Gasteiger partial charge on any atom is -0.454 e. The molecule has 0 unspecified atom stereocenters. The minimum atomic E-state index is 0.389. The Morgan fingerprint density at radius 2 is 2.19 bits per heavy atom. The Morgan fingerprint density at radius 3 is 2.62 bits per heavy atom. The summed E-state index contributed by atoms with van der Waals surface area (Å²) in [6.07, 6.45) is 3.98. The van der Waals surface area contributed by atoms with E-state index >= 15 is 0 Å². The standard InChI is InChI=1S/C12H19IN2O/c1-15(2)12(6-3-7-12)9-14-8-10-4-5-11(13)16-10/h4-5,14H,3,6-9H2,1-2H3. The molecule has 0 aromatic carbocycles. The lowest BCUT2D eigenvalue weighted by molar-refractivity contribution is 0.0593. The van der Waals surface area contributed by atoms with Crippen LogP contribution >= 0.6 is 22.6 Å². The number of hydrogen-bond acceptors (Lipinski definition) is 3. The Kier molecular flexibility index (Phi) is 3.92. The van der Waals surface area contributed by atoms with Crippen LogP contribution in [0.25, 0.3) is 0 Å². The lowest BCUT2D eigenvalue weighted by Crippen LogP contribution is -2.56. The third kappa shape index (κ3) is 2.60. The van der Waals surface area contributed by atoms with Crippen molar-refractivity contribution in [2.24, 2.45) is 0 Å². The van der Waals surface area contributed by atoms with Gasteiger partial charge in [0.1, 0.15) is 5.76 Å². The summed E-state index contributed by atoms with van der Waals surface area (Å²) in [6.45, 7) is 1.88. The fraction of sp³-hybridized carbons (Fsp3) is 0.667. The van der Waals surface area contributed by atoms with E-state index in [0.29, 0.717) is 5.54 Å². The molecule has 3 nitrogen and oxygen atoms in total. The normalized spacial score (nSPS) is 18.8. The smallest absolute Gasteiger partial charge is 0.164 e. The number of likely N-dealkylation sites (N-methyl/N-ethyl adjacent to an activating group) is 1. The lowest BCUT2D eigenvalue weighted by atomic mass is 9.75. The highest BCUT2D eigenvalue weighted by atomic mass is 127. The van der Waals surface area contributed by atoms with Crippen molar-refractivity contribution in [3.8, 4) is 0 Å². The van der Waals surface area contributed by atoms with Crippen LogP contribution in [-0.2, 0) is 6.54 Å². The van der Waals surface area contributed by atoms with Crippen molar-refractivity contribution < 1.29 is 4.42 Å². The van der Waals surface area contributed by atoms with E-state index in [1.54, 1.807) is 0 Å². The van der Waals surface area contributed by atoms with Crippen LogP contribution < -0.4 is 5.32 Å². The van der Waals surface area contributed by atoms with Crippen LogP contribution in [0.5, 0.6) is 0 Å². The third-order valence-electron chi connectivity index (χ3n) is 3.62. The molecule has 1 aromatic heterocycles. The molecule has 0 saturated heterocycles. The van der Waals surface area contributed by atoms with Gasteiger partial charge in [-0.25, -0.2) is 0 Å². The minimum absolute atomic E-state index is 0.389. The van der Waals surface area contributed by atoms with Gasteiger partial charge in [0.25, 0.3) is 0 Å². The highest BCUT2D eigenvalue weighted by Crippen LogP contribution is 2.35. The van der Waals surface area contributed by atoms with Gasteiger partial charge in [-0.2, -0.15) is 0 Å². The second kappa shape index (κ2) is 5.06. The van der Waals surface area contributed by atoms with E-state index in [1.807, 2.05) is 12.1 Å². The zero-order valence-corrected chi connectivity index (χ0v) is 12.1.